The third kappa shape index (κ3) is 2.93. The predicted octanol–water partition coefficient (Wildman–Crippen LogP) is 7.88. The number of fused-ring (bicyclic) bond motifs is 11. The van der Waals surface area contributed by atoms with Gasteiger partial charge in [0.2, 0.25) is 0 Å². The van der Waals surface area contributed by atoms with Crippen molar-refractivity contribution in [2.45, 2.75) is 0 Å². The van der Waals surface area contributed by atoms with Gasteiger partial charge in [-0.3, -0.25) is 0 Å². The standard InChI is InChI=1S/C34H20BNO3S/c37-35(38)27-15-19-7-1-2-8-21(19)33-24-14-13-20(16-32(24)40-34(27)33)36-28-11-5-3-9-22(28)25-17-26-23-10-4-6-12-30(23)39-31(26)18-29(25)36/h1-18,37-38H. The first kappa shape index (κ1) is 22.2. The lowest BCUT2D eigenvalue weighted by Crippen LogP contribution is -2.29. The Morgan fingerprint density at radius 3 is 2.25 bits per heavy atom. The Balaban J connectivity index is 1.38. The molecular weight excluding hydrogens is 513 g/mol. The molecule has 6 heteroatoms. The third-order valence-electron chi connectivity index (χ3n) is 8.18. The first-order chi connectivity index (χ1) is 19.7. The zero-order valence-electron chi connectivity index (χ0n) is 21.1. The van der Waals surface area contributed by atoms with Crippen LogP contribution in [0.15, 0.2) is 114 Å². The maximum absolute atomic E-state index is 10.2. The van der Waals surface area contributed by atoms with Crippen molar-refractivity contribution in [3.05, 3.63) is 109 Å². The molecule has 0 saturated carbocycles. The van der Waals surface area contributed by atoms with E-state index in [2.05, 4.69) is 77.4 Å². The molecule has 0 fully saturated rings. The van der Waals surface area contributed by atoms with Gasteiger partial charge in [0.15, 0.2) is 0 Å². The van der Waals surface area contributed by atoms with Gasteiger partial charge in [-0.25, -0.2) is 0 Å². The molecule has 188 valence electrons. The first-order valence-electron chi connectivity index (χ1n) is 13.2. The molecule has 3 heterocycles. The van der Waals surface area contributed by atoms with Crippen LogP contribution >= 0.6 is 11.3 Å². The van der Waals surface area contributed by atoms with E-state index in [4.69, 9.17) is 4.42 Å². The highest BCUT2D eigenvalue weighted by atomic mass is 32.1. The number of aromatic nitrogens is 1. The molecule has 9 rings (SSSR count). The van der Waals surface area contributed by atoms with Gasteiger partial charge in [-0.05, 0) is 41.1 Å². The van der Waals surface area contributed by atoms with E-state index in [-0.39, 0.29) is 0 Å². The number of nitrogens with zero attached hydrogens (tertiary/aromatic N) is 1. The van der Waals surface area contributed by atoms with Crippen LogP contribution < -0.4 is 5.46 Å². The third-order valence-corrected chi connectivity index (χ3v) is 9.39. The molecule has 0 aliphatic heterocycles. The summed E-state index contributed by atoms with van der Waals surface area (Å²) in [7, 11) is -1.54. The lowest BCUT2D eigenvalue weighted by atomic mass is 9.78. The predicted molar refractivity (Wildman–Crippen MR) is 168 cm³/mol. The van der Waals surface area contributed by atoms with Crippen molar-refractivity contribution >= 4 is 98.6 Å². The van der Waals surface area contributed by atoms with E-state index >= 15 is 0 Å². The molecular formula is C34H20BNO3S. The van der Waals surface area contributed by atoms with Crippen molar-refractivity contribution in [1.29, 1.82) is 0 Å². The summed E-state index contributed by atoms with van der Waals surface area (Å²) in [5.41, 5.74) is 5.57. The van der Waals surface area contributed by atoms with Crippen molar-refractivity contribution in [1.82, 2.24) is 4.57 Å². The molecule has 0 saturated heterocycles. The minimum atomic E-state index is -1.54. The SMILES string of the molecule is OB(O)c1cc2ccccc2c2c1sc1cc(-n3c4ccccc4c4cc5c(cc43)oc3ccccc35)ccc12. The number of thiophene rings is 1. The summed E-state index contributed by atoms with van der Waals surface area (Å²) in [4.78, 5) is 0. The fourth-order valence-corrected chi connectivity index (χ4v) is 7.72. The van der Waals surface area contributed by atoms with Gasteiger partial charge >= 0.3 is 7.12 Å². The average molecular weight is 533 g/mol. The highest BCUT2D eigenvalue weighted by Crippen LogP contribution is 2.41. The quantitative estimate of drug-likeness (QED) is 0.222. The number of hydrogen-bond acceptors (Lipinski definition) is 4. The number of hydrogen-bond donors (Lipinski definition) is 2. The van der Waals surface area contributed by atoms with Crippen LogP contribution in [-0.4, -0.2) is 21.7 Å². The molecule has 2 N–H and O–H groups in total. The molecule has 0 atom stereocenters. The average Bonchev–Trinajstić information content (AvgIpc) is 3.64. The molecule has 0 radical (unpaired) electrons. The topological polar surface area (TPSA) is 58.5 Å². The smallest absolute Gasteiger partial charge is 0.456 e. The van der Waals surface area contributed by atoms with Gasteiger partial charge in [-0.15, -0.1) is 11.3 Å². The second-order valence-corrected chi connectivity index (χ2v) is 11.4. The van der Waals surface area contributed by atoms with Crippen molar-refractivity contribution in [2.75, 3.05) is 0 Å². The van der Waals surface area contributed by atoms with E-state index < -0.39 is 7.12 Å². The zero-order valence-corrected chi connectivity index (χ0v) is 21.9. The highest BCUT2D eigenvalue weighted by molar-refractivity contribution is 7.27. The molecule has 0 unspecified atom stereocenters. The Labute approximate surface area is 232 Å². The van der Waals surface area contributed by atoms with Crippen molar-refractivity contribution in [3.63, 3.8) is 0 Å². The molecule has 0 amide bonds. The molecule has 4 nitrogen and oxygen atoms in total. The van der Waals surface area contributed by atoms with Crippen LogP contribution in [0.3, 0.4) is 0 Å². The Kier molecular flexibility index (Phi) is 4.42. The Bertz CT molecular complexity index is 2480. The molecule has 0 aliphatic rings. The summed E-state index contributed by atoms with van der Waals surface area (Å²) in [6.07, 6.45) is 0. The zero-order chi connectivity index (χ0) is 26.5. The van der Waals surface area contributed by atoms with Crippen molar-refractivity contribution in [3.8, 4) is 5.69 Å². The lowest BCUT2D eigenvalue weighted by Gasteiger charge is -2.08. The number of furan rings is 1. The summed E-state index contributed by atoms with van der Waals surface area (Å²) in [6, 6.07) is 37.7. The monoisotopic (exact) mass is 533 g/mol. The summed E-state index contributed by atoms with van der Waals surface area (Å²) in [5, 5.41) is 29.4. The van der Waals surface area contributed by atoms with E-state index in [1.165, 1.54) is 10.8 Å². The van der Waals surface area contributed by atoms with Gasteiger partial charge < -0.3 is 19.0 Å². The van der Waals surface area contributed by atoms with E-state index in [0.717, 1.165) is 69.6 Å². The van der Waals surface area contributed by atoms with E-state index in [1.807, 2.05) is 36.4 Å². The maximum Gasteiger partial charge on any atom is 0.489 e. The van der Waals surface area contributed by atoms with Crippen LogP contribution in [0, 0.1) is 0 Å². The number of benzene rings is 6. The van der Waals surface area contributed by atoms with Crippen LogP contribution in [-0.2, 0) is 0 Å². The van der Waals surface area contributed by atoms with E-state index in [9.17, 15) is 10.0 Å². The van der Waals surface area contributed by atoms with Gasteiger partial charge in [0, 0.05) is 58.9 Å². The lowest BCUT2D eigenvalue weighted by molar-refractivity contribution is 0.426. The Morgan fingerprint density at radius 1 is 0.600 bits per heavy atom. The number of para-hydroxylation sites is 2. The summed E-state index contributed by atoms with van der Waals surface area (Å²) >= 11 is 1.61. The van der Waals surface area contributed by atoms with E-state index in [0.29, 0.717) is 5.46 Å². The molecule has 3 aromatic heterocycles. The van der Waals surface area contributed by atoms with Gasteiger partial charge in [0.25, 0.3) is 0 Å². The molecule has 40 heavy (non-hydrogen) atoms. The molecule has 0 bridgehead atoms. The normalized spacial score (nSPS) is 12.2. The molecule has 9 aromatic rings. The van der Waals surface area contributed by atoms with Gasteiger partial charge in [0.05, 0.1) is 11.0 Å². The van der Waals surface area contributed by atoms with Crippen molar-refractivity contribution in [2.24, 2.45) is 0 Å². The second kappa shape index (κ2) is 7.96. The maximum atomic E-state index is 10.2. The minimum absolute atomic E-state index is 0.542. The number of rotatable bonds is 2. The van der Waals surface area contributed by atoms with E-state index in [1.54, 1.807) is 11.3 Å². The van der Waals surface area contributed by atoms with Crippen LogP contribution in [0.2, 0.25) is 0 Å². The van der Waals surface area contributed by atoms with Crippen LogP contribution in [0.25, 0.3) is 80.4 Å². The fraction of sp³-hybridized carbons (Fsp3) is 0. The Hall–Kier alpha value is -4.62. The van der Waals surface area contributed by atoms with Crippen molar-refractivity contribution < 1.29 is 14.5 Å². The highest BCUT2D eigenvalue weighted by Gasteiger charge is 2.21. The first-order valence-corrected chi connectivity index (χ1v) is 14.1. The fourth-order valence-electron chi connectivity index (χ4n) is 6.44. The van der Waals surface area contributed by atoms with Crippen LogP contribution in [0.1, 0.15) is 0 Å². The van der Waals surface area contributed by atoms with Crippen LogP contribution in [0.4, 0.5) is 0 Å². The van der Waals surface area contributed by atoms with Gasteiger partial charge in [0.1, 0.15) is 11.2 Å². The molecule has 6 aromatic carbocycles. The summed E-state index contributed by atoms with van der Waals surface area (Å²) in [6.45, 7) is 0. The van der Waals surface area contributed by atoms with Crippen LogP contribution in [0.5, 0.6) is 0 Å². The summed E-state index contributed by atoms with van der Waals surface area (Å²) in [5.74, 6) is 0. The molecule has 0 spiro atoms. The minimum Gasteiger partial charge on any atom is -0.456 e. The summed E-state index contributed by atoms with van der Waals surface area (Å²) < 4.78 is 10.6. The largest absolute Gasteiger partial charge is 0.489 e. The Morgan fingerprint density at radius 2 is 1.38 bits per heavy atom. The molecule has 0 aliphatic carbocycles. The second-order valence-electron chi connectivity index (χ2n) is 10.4. The van der Waals surface area contributed by atoms with Gasteiger partial charge in [-0.1, -0.05) is 72.8 Å². The van der Waals surface area contributed by atoms with Gasteiger partial charge in [-0.2, -0.15) is 0 Å².